The second-order valence-electron chi connectivity index (χ2n) is 17.1. The highest BCUT2D eigenvalue weighted by Crippen LogP contribution is 2.45. The second-order valence-corrected chi connectivity index (χ2v) is 17.1. The number of nitrogens with zero attached hydrogens (tertiary/aromatic N) is 5. The zero-order valence-corrected chi connectivity index (χ0v) is 35.9. The number of imidazole rings is 2. The first kappa shape index (κ1) is 43.1. The quantitative estimate of drug-likeness (QED) is 0.112. The van der Waals surface area contributed by atoms with Gasteiger partial charge in [-0.05, 0) is 49.1 Å². The van der Waals surface area contributed by atoms with Gasteiger partial charge in [-0.2, -0.15) is 0 Å². The van der Waals surface area contributed by atoms with Crippen molar-refractivity contribution in [3.05, 3.63) is 66.5 Å². The summed E-state index contributed by atoms with van der Waals surface area (Å²) in [6.07, 6.45) is -0.624. The van der Waals surface area contributed by atoms with E-state index in [1.807, 2.05) is 43.3 Å². The summed E-state index contributed by atoms with van der Waals surface area (Å²) in [5, 5.41) is 5.98. The molecule has 3 aliphatic rings. The lowest BCUT2D eigenvalue weighted by Gasteiger charge is -2.29. The topological polar surface area (TPSA) is 189 Å². The number of aromatic nitrogens is 5. The summed E-state index contributed by atoms with van der Waals surface area (Å²) < 4.78 is 62.7. The van der Waals surface area contributed by atoms with Crippen LogP contribution in [-0.4, -0.2) is 110 Å². The standard InChI is InChI=1S/C44H50F3N9O7/c1-21(2)36(52-42(59)61-6)40(57)54-19-27(45)15-33(54)38-48-17-29(50-38)24-9-11-31-26(12-24)13-32-28-10-8-25(14-35(28)63-23(5)56(31)32)30-18-49-39(51-30)34-16-44(46,47)20-55(34)41(58)37(22(3)4)53-43(60)62-7/h8-14,17-18,21-23,27,33-34,36-37H,15-16,19-20H2,1-7H3,(H,48,50)(H,49,51)(H,52,59)(H,53,60)/t23?,27-,33+,34?,36?,37+/m1/s1. The summed E-state index contributed by atoms with van der Waals surface area (Å²) in [5.74, 6) is -3.68. The second kappa shape index (κ2) is 16.6. The number of benzene rings is 2. The van der Waals surface area contributed by atoms with Crippen LogP contribution in [0.5, 0.6) is 5.75 Å². The van der Waals surface area contributed by atoms with Gasteiger partial charge in [0.15, 0.2) is 6.23 Å². The SMILES string of the molecule is COC(=O)NC(C(=O)N1C[C@H](F)C[C@H]1c1ncc(-c2ccc3c(c2)cc2n3C(C)Oc3cc(-c4cnc(C5CC(F)(F)CN5C(=O)[C@@H](NC(=O)OC)C(C)C)[nH]4)ccc3-2)[nH]1)C(C)C. The molecule has 2 fully saturated rings. The number of ether oxygens (including phenoxy) is 3. The molecule has 334 valence electrons. The van der Waals surface area contributed by atoms with Crippen molar-refractivity contribution in [2.75, 3.05) is 27.3 Å². The first-order chi connectivity index (χ1) is 30.0. The molecule has 2 saturated heterocycles. The Labute approximate surface area is 360 Å². The lowest BCUT2D eigenvalue weighted by Crippen LogP contribution is -2.51. The monoisotopic (exact) mass is 873 g/mol. The summed E-state index contributed by atoms with van der Waals surface area (Å²) in [4.78, 5) is 69.3. The van der Waals surface area contributed by atoms with Crippen LogP contribution in [0.2, 0.25) is 0 Å². The molecule has 0 aliphatic carbocycles. The minimum absolute atomic E-state index is 0.0586. The first-order valence-electron chi connectivity index (χ1n) is 20.8. The molecule has 2 aromatic carbocycles. The van der Waals surface area contributed by atoms with Gasteiger partial charge in [-0.1, -0.05) is 39.8 Å². The number of likely N-dealkylation sites (tertiary alicyclic amines) is 2. The Morgan fingerprint density at radius 3 is 2.00 bits per heavy atom. The Kier molecular flexibility index (Phi) is 11.4. The zero-order chi connectivity index (χ0) is 45.1. The van der Waals surface area contributed by atoms with Crippen LogP contribution in [0, 0.1) is 11.8 Å². The molecule has 0 radical (unpaired) electrons. The van der Waals surface area contributed by atoms with E-state index in [2.05, 4.69) is 45.9 Å². The minimum atomic E-state index is -3.17. The maximum absolute atomic E-state index is 14.9. The fourth-order valence-corrected chi connectivity index (χ4v) is 8.88. The third-order valence-electron chi connectivity index (χ3n) is 12.1. The molecule has 8 rings (SSSR count). The van der Waals surface area contributed by atoms with Crippen LogP contribution >= 0.6 is 0 Å². The molecule has 0 saturated carbocycles. The van der Waals surface area contributed by atoms with Crippen molar-refractivity contribution < 1.29 is 46.6 Å². The van der Waals surface area contributed by atoms with E-state index < -0.39 is 85.4 Å². The Hall–Kier alpha value is -6.53. The number of methoxy groups -OCH3 is 2. The van der Waals surface area contributed by atoms with Crippen molar-refractivity contribution >= 4 is 34.9 Å². The molecule has 6 atom stereocenters. The molecule has 3 aromatic heterocycles. The van der Waals surface area contributed by atoms with Crippen LogP contribution in [0.15, 0.2) is 54.9 Å². The van der Waals surface area contributed by atoms with E-state index in [1.54, 1.807) is 33.9 Å². The Morgan fingerprint density at radius 1 is 0.825 bits per heavy atom. The number of rotatable bonds is 10. The molecule has 0 bridgehead atoms. The van der Waals surface area contributed by atoms with Gasteiger partial charge in [0.1, 0.15) is 35.7 Å². The molecule has 63 heavy (non-hydrogen) atoms. The maximum atomic E-state index is 14.9. The van der Waals surface area contributed by atoms with E-state index in [-0.39, 0.29) is 24.7 Å². The van der Waals surface area contributed by atoms with Crippen molar-refractivity contribution in [3.63, 3.8) is 0 Å². The van der Waals surface area contributed by atoms with Crippen LogP contribution in [0.1, 0.15) is 77.4 Å². The predicted molar refractivity (Wildman–Crippen MR) is 224 cm³/mol. The third-order valence-corrected chi connectivity index (χ3v) is 12.1. The van der Waals surface area contributed by atoms with Crippen molar-refractivity contribution in [1.29, 1.82) is 0 Å². The third kappa shape index (κ3) is 8.15. The van der Waals surface area contributed by atoms with Crippen LogP contribution in [0.3, 0.4) is 0 Å². The van der Waals surface area contributed by atoms with Crippen molar-refractivity contribution in [2.24, 2.45) is 11.8 Å². The molecule has 3 unspecified atom stereocenters. The van der Waals surface area contributed by atoms with Crippen molar-refractivity contribution in [3.8, 4) is 39.5 Å². The molecule has 6 heterocycles. The van der Waals surface area contributed by atoms with Gasteiger partial charge in [0.25, 0.3) is 5.92 Å². The van der Waals surface area contributed by atoms with E-state index in [0.717, 1.165) is 39.7 Å². The normalized spacial score (nSPS) is 21.2. The number of alkyl halides is 3. The number of hydrogen-bond donors (Lipinski definition) is 4. The van der Waals surface area contributed by atoms with Gasteiger partial charge in [0.2, 0.25) is 11.8 Å². The van der Waals surface area contributed by atoms with Gasteiger partial charge < -0.3 is 49.2 Å². The largest absolute Gasteiger partial charge is 0.470 e. The predicted octanol–water partition coefficient (Wildman–Crippen LogP) is 7.28. The van der Waals surface area contributed by atoms with Gasteiger partial charge in [-0.25, -0.2) is 32.7 Å². The van der Waals surface area contributed by atoms with E-state index in [4.69, 9.17) is 9.47 Å². The smallest absolute Gasteiger partial charge is 0.407 e. The van der Waals surface area contributed by atoms with Crippen molar-refractivity contribution in [1.82, 2.24) is 44.9 Å². The number of halogens is 3. The van der Waals surface area contributed by atoms with Crippen molar-refractivity contribution in [2.45, 2.75) is 89.9 Å². The Morgan fingerprint density at radius 2 is 1.40 bits per heavy atom. The molecular formula is C44H50F3N9O7. The van der Waals surface area contributed by atoms with E-state index in [9.17, 15) is 32.3 Å². The highest BCUT2D eigenvalue weighted by Gasteiger charge is 2.50. The molecular weight excluding hydrogens is 824 g/mol. The number of fused-ring (bicyclic) bond motifs is 5. The minimum Gasteiger partial charge on any atom is -0.470 e. The molecule has 16 nitrogen and oxygen atoms in total. The average molecular weight is 874 g/mol. The van der Waals surface area contributed by atoms with Crippen LogP contribution in [-0.2, 0) is 19.1 Å². The Bertz CT molecular complexity index is 2570. The van der Waals surface area contributed by atoms with E-state index in [1.165, 1.54) is 18.2 Å². The van der Waals surface area contributed by atoms with E-state index in [0.29, 0.717) is 28.5 Å². The fraction of sp³-hybridized carbons (Fsp3) is 0.455. The average Bonchev–Trinajstić information content (AvgIpc) is 4.10. The lowest BCUT2D eigenvalue weighted by atomic mass is 10.0. The van der Waals surface area contributed by atoms with Crippen LogP contribution < -0.4 is 15.4 Å². The number of H-pyrrole nitrogens is 2. The summed E-state index contributed by atoms with van der Waals surface area (Å²) in [6.45, 7) is 7.99. The summed E-state index contributed by atoms with van der Waals surface area (Å²) in [6, 6.07) is 9.98. The number of hydrogen-bond acceptors (Lipinski definition) is 9. The maximum Gasteiger partial charge on any atom is 0.407 e. The molecule has 4 N–H and O–H groups in total. The van der Waals surface area contributed by atoms with Crippen LogP contribution in [0.4, 0.5) is 22.8 Å². The zero-order valence-electron chi connectivity index (χ0n) is 35.9. The molecule has 5 aromatic rings. The highest BCUT2D eigenvalue weighted by atomic mass is 19.3. The summed E-state index contributed by atoms with van der Waals surface area (Å²) in [7, 11) is 2.38. The van der Waals surface area contributed by atoms with E-state index >= 15 is 0 Å². The lowest BCUT2D eigenvalue weighted by molar-refractivity contribution is -0.137. The van der Waals surface area contributed by atoms with Crippen LogP contribution in [0.25, 0.3) is 44.7 Å². The number of nitrogens with one attached hydrogen (secondary N) is 4. The summed E-state index contributed by atoms with van der Waals surface area (Å²) >= 11 is 0. The number of carbonyl (C=O) groups is 4. The number of aromatic amines is 2. The Balaban J connectivity index is 1.03. The molecule has 0 spiro atoms. The molecule has 4 amide bonds. The molecule has 19 heteroatoms. The number of amides is 4. The van der Waals surface area contributed by atoms with Gasteiger partial charge in [-0.3, -0.25) is 9.59 Å². The van der Waals surface area contributed by atoms with Gasteiger partial charge in [-0.15, -0.1) is 0 Å². The molecule has 3 aliphatic heterocycles. The number of alkyl carbamates (subject to hydrolysis) is 2. The number of carbonyl (C=O) groups excluding carboxylic acids is 4. The fourth-order valence-electron chi connectivity index (χ4n) is 8.88. The summed E-state index contributed by atoms with van der Waals surface area (Å²) in [5.41, 5.74) is 5.40. The van der Waals surface area contributed by atoms with Gasteiger partial charge >= 0.3 is 12.2 Å². The van der Waals surface area contributed by atoms with Gasteiger partial charge in [0, 0.05) is 34.9 Å². The van der Waals surface area contributed by atoms with Gasteiger partial charge in [0.05, 0.1) is 74.4 Å². The first-order valence-corrected chi connectivity index (χ1v) is 20.8. The highest BCUT2D eigenvalue weighted by molar-refractivity contribution is 5.92.